The van der Waals surface area contributed by atoms with E-state index in [-0.39, 0.29) is 0 Å². The fraction of sp³-hybridized carbons (Fsp3) is 1.00. The Kier molecular flexibility index (Phi) is 9.30. The van der Waals surface area contributed by atoms with Gasteiger partial charge < -0.3 is 0 Å². The SMILES string of the molecule is C[O][Sn]([C](F)(F)C(F)(F)CC(F)(F)F)([C](F)(F)C(F)(F)CC(F)(F)F)[C](F)(F)C(F)(F)CC(F)(F)F. The molecule has 0 bridgehead atoms. The molecule has 36 heavy (non-hydrogen) atoms. The topological polar surface area (TPSA) is 9.23 Å². The van der Waals surface area contributed by atoms with Crippen LogP contribution in [-0.4, -0.2) is 74.0 Å². The molecule has 0 aromatic carbocycles. The van der Waals surface area contributed by atoms with Crippen LogP contribution in [0.25, 0.3) is 0 Å². The van der Waals surface area contributed by atoms with Gasteiger partial charge >= 0.3 is 189 Å². The molecule has 0 aliphatic heterocycles. The fourth-order valence-corrected chi connectivity index (χ4v) is 13.6. The van der Waals surface area contributed by atoms with Gasteiger partial charge in [0.05, 0.1) is 0 Å². The summed E-state index contributed by atoms with van der Waals surface area (Å²) in [6.45, 7) is 0. The van der Waals surface area contributed by atoms with Crippen LogP contribution >= 0.6 is 0 Å². The van der Waals surface area contributed by atoms with Crippen LogP contribution in [0, 0.1) is 0 Å². The summed E-state index contributed by atoms with van der Waals surface area (Å²) in [4.78, 5) is 0. The number of rotatable bonds is 10. The Labute approximate surface area is 189 Å². The van der Waals surface area contributed by atoms with E-state index >= 15 is 0 Å². The van der Waals surface area contributed by atoms with E-state index in [2.05, 4.69) is 3.07 Å². The number of hydrogen-bond acceptors (Lipinski definition) is 1. The average molecular weight is 699 g/mol. The Morgan fingerprint density at radius 1 is 0.389 bits per heavy atom. The first-order valence-electron chi connectivity index (χ1n) is 8.20. The van der Waals surface area contributed by atoms with E-state index in [1.807, 2.05) is 0 Å². The summed E-state index contributed by atoms with van der Waals surface area (Å²) in [5, 5.41) is 0. The zero-order valence-electron chi connectivity index (χ0n) is 16.5. The molecule has 1 nitrogen and oxygen atoms in total. The fourth-order valence-electron chi connectivity index (χ4n) is 2.84. The molecule has 0 N–H and O–H groups in total. The molecular weight excluding hydrogens is 690 g/mol. The Bertz CT molecular complexity index is 661. The molecule has 0 heterocycles. The summed E-state index contributed by atoms with van der Waals surface area (Å²) in [5.74, 6) is -22.5. The second-order valence-electron chi connectivity index (χ2n) is 7.10. The molecule has 0 saturated heterocycles. The normalized spacial score (nSPS) is 16.5. The van der Waals surface area contributed by atoms with Crippen LogP contribution in [0.3, 0.4) is 0 Å². The predicted molar refractivity (Wildman–Crippen MR) is 74.5 cm³/mol. The van der Waals surface area contributed by atoms with Crippen molar-refractivity contribution in [3.8, 4) is 0 Å². The third kappa shape index (κ3) is 6.29. The minimum absolute atomic E-state index is 1.16. The number of hydrogen-bond donors (Lipinski definition) is 0. The monoisotopic (exact) mass is 700 g/mol. The maximum absolute atomic E-state index is 14.5. The Morgan fingerprint density at radius 2 is 0.556 bits per heavy atom. The average Bonchev–Trinajstić information content (AvgIpc) is 2.47. The second-order valence-corrected chi connectivity index (χ2v) is 17.5. The van der Waals surface area contributed by atoms with Gasteiger partial charge in [0.25, 0.3) is 0 Å². The van der Waals surface area contributed by atoms with Crippen molar-refractivity contribution in [1.82, 2.24) is 0 Å². The van der Waals surface area contributed by atoms with E-state index in [1.165, 1.54) is 0 Å². The Balaban J connectivity index is 7.81. The van der Waals surface area contributed by atoms with Gasteiger partial charge in [0.2, 0.25) is 0 Å². The zero-order valence-corrected chi connectivity index (χ0v) is 19.3. The van der Waals surface area contributed by atoms with E-state index in [4.69, 9.17) is 0 Å². The van der Waals surface area contributed by atoms with Gasteiger partial charge in [-0.25, -0.2) is 0 Å². The van der Waals surface area contributed by atoms with Crippen LogP contribution in [-0.2, 0) is 3.07 Å². The van der Waals surface area contributed by atoms with Crippen molar-refractivity contribution in [2.75, 3.05) is 7.11 Å². The van der Waals surface area contributed by atoms with Gasteiger partial charge in [0.1, 0.15) is 0 Å². The van der Waals surface area contributed by atoms with Crippen molar-refractivity contribution in [2.24, 2.45) is 0 Å². The number of halogens is 21. The molecule has 0 aliphatic rings. The summed E-state index contributed by atoms with van der Waals surface area (Å²) >= 11 is -11.6. The van der Waals surface area contributed by atoms with Gasteiger partial charge in [0.15, 0.2) is 0 Å². The molecule has 0 aliphatic carbocycles. The Hall–Kier alpha value is -0.711. The van der Waals surface area contributed by atoms with Gasteiger partial charge in [-0.15, -0.1) is 0 Å². The molecule has 0 spiro atoms. The van der Waals surface area contributed by atoms with E-state index in [0.29, 0.717) is 0 Å². The first-order valence-corrected chi connectivity index (χ1v) is 13.6. The first kappa shape index (κ1) is 35.3. The molecular formula is C13H9F21OSn. The van der Waals surface area contributed by atoms with Crippen LogP contribution in [0.15, 0.2) is 0 Å². The van der Waals surface area contributed by atoms with Crippen LogP contribution in [0.4, 0.5) is 92.2 Å². The maximum atomic E-state index is 14.5. The van der Waals surface area contributed by atoms with E-state index < -0.39 is 93.3 Å². The molecule has 218 valence electrons. The minimum atomic E-state index is -11.6. The molecule has 23 heteroatoms. The summed E-state index contributed by atoms with van der Waals surface area (Å²) in [6.07, 6.45) is -33.5. The summed E-state index contributed by atoms with van der Waals surface area (Å²) in [6, 6.07) is 0. The van der Waals surface area contributed by atoms with Gasteiger partial charge in [-0.2, -0.15) is 0 Å². The third-order valence-electron chi connectivity index (χ3n) is 4.28. The second kappa shape index (κ2) is 9.49. The molecule has 0 rings (SSSR count). The van der Waals surface area contributed by atoms with Crippen LogP contribution in [0.2, 0.25) is 0 Å². The summed E-state index contributed by atoms with van der Waals surface area (Å²) in [7, 11) is -1.16. The van der Waals surface area contributed by atoms with Crippen molar-refractivity contribution >= 4 is 18.8 Å². The van der Waals surface area contributed by atoms with E-state index in [9.17, 15) is 92.2 Å². The number of alkyl halides is 21. The van der Waals surface area contributed by atoms with Crippen molar-refractivity contribution in [3.05, 3.63) is 0 Å². The van der Waals surface area contributed by atoms with Crippen molar-refractivity contribution < 1.29 is 95.3 Å². The third-order valence-corrected chi connectivity index (χ3v) is 16.7. The van der Waals surface area contributed by atoms with Crippen molar-refractivity contribution in [1.29, 1.82) is 0 Å². The van der Waals surface area contributed by atoms with E-state index in [1.54, 1.807) is 0 Å². The van der Waals surface area contributed by atoms with Crippen LogP contribution in [0.1, 0.15) is 19.3 Å². The van der Waals surface area contributed by atoms with Gasteiger partial charge in [-0.1, -0.05) is 0 Å². The van der Waals surface area contributed by atoms with Crippen LogP contribution in [0.5, 0.6) is 0 Å². The molecule has 0 unspecified atom stereocenters. The van der Waals surface area contributed by atoms with E-state index in [0.717, 1.165) is 0 Å². The quantitative estimate of drug-likeness (QED) is 0.167. The molecule has 0 radical (unpaired) electrons. The Morgan fingerprint density at radius 3 is 0.667 bits per heavy atom. The standard InChI is InChI=1S/3C4H2F7.CH3O.Sn/c3*5-2(6)3(7,8)1-4(9,10)11;1-2;/h3*1H2;1H3;/q;;;-1;+1. The molecule has 0 saturated carbocycles. The van der Waals surface area contributed by atoms with Gasteiger partial charge in [-0.3, -0.25) is 0 Å². The molecule has 0 amide bonds. The predicted octanol–water partition coefficient (Wildman–Crippen LogP) is 7.86. The van der Waals surface area contributed by atoms with Crippen molar-refractivity contribution in [3.63, 3.8) is 0 Å². The van der Waals surface area contributed by atoms with Gasteiger partial charge in [-0.05, 0) is 0 Å². The zero-order chi connectivity index (χ0) is 29.8. The van der Waals surface area contributed by atoms with Crippen molar-refractivity contribution in [2.45, 2.75) is 67.4 Å². The van der Waals surface area contributed by atoms with Gasteiger partial charge in [0, 0.05) is 0 Å². The van der Waals surface area contributed by atoms with Crippen LogP contribution < -0.4 is 0 Å². The summed E-state index contributed by atoms with van der Waals surface area (Å²) in [5.41, 5.74) is 0. The summed E-state index contributed by atoms with van der Waals surface area (Å²) < 4.78 is 258. The first-order chi connectivity index (χ1) is 15.2. The molecule has 0 atom stereocenters. The molecule has 0 aromatic rings. The molecule has 0 fully saturated rings. The molecule has 0 aromatic heterocycles.